The molecule has 0 amide bonds. The molecule has 0 bridgehead atoms. The van der Waals surface area contributed by atoms with Crippen LogP contribution < -0.4 is 5.32 Å². The van der Waals surface area contributed by atoms with Crippen molar-refractivity contribution in [1.29, 1.82) is 0 Å². The van der Waals surface area contributed by atoms with Crippen LogP contribution in [-0.2, 0) is 14.3 Å². The van der Waals surface area contributed by atoms with Crippen LogP contribution in [0.3, 0.4) is 0 Å². The fourth-order valence-electron chi connectivity index (χ4n) is 5.47. The van der Waals surface area contributed by atoms with Gasteiger partial charge in [-0.05, 0) is 31.4 Å². The predicted octanol–water partition coefficient (Wildman–Crippen LogP) is 3.33. The van der Waals surface area contributed by atoms with Gasteiger partial charge in [0, 0.05) is 30.7 Å². The summed E-state index contributed by atoms with van der Waals surface area (Å²) in [4.78, 5) is 12.7. The lowest BCUT2D eigenvalue weighted by molar-refractivity contribution is -0.153. The minimum absolute atomic E-state index is 0.0615. The number of methoxy groups -OCH3 is 1. The topological polar surface area (TPSA) is 47.6 Å². The third-order valence-electron chi connectivity index (χ3n) is 6.22. The summed E-state index contributed by atoms with van der Waals surface area (Å²) in [6, 6.07) is 8.52. The van der Waals surface area contributed by atoms with Gasteiger partial charge in [0.05, 0.1) is 18.1 Å². The van der Waals surface area contributed by atoms with Crippen LogP contribution in [0.2, 0.25) is 0 Å². The van der Waals surface area contributed by atoms with Crippen molar-refractivity contribution in [3.8, 4) is 0 Å². The van der Waals surface area contributed by atoms with Crippen molar-refractivity contribution in [2.75, 3.05) is 19.0 Å². The SMILES string of the molecule is CCOC(=O)[C@@H]1[C@H]2Nc3ccccc3[C@H]2[C@]2(OC)CCCC[C@@H]12. The summed E-state index contributed by atoms with van der Waals surface area (Å²) < 4.78 is 11.6. The monoisotopic (exact) mass is 315 g/mol. The van der Waals surface area contributed by atoms with Gasteiger partial charge in [0.1, 0.15) is 0 Å². The molecule has 5 atom stereocenters. The summed E-state index contributed by atoms with van der Waals surface area (Å²) in [5.74, 6) is 0.306. The van der Waals surface area contributed by atoms with Crippen LogP contribution in [-0.4, -0.2) is 31.3 Å². The fraction of sp³-hybridized carbons (Fsp3) is 0.632. The molecule has 1 aromatic rings. The second-order valence-electron chi connectivity index (χ2n) is 7.02. The second-order valence-corrected chi connectivity index (χ2v) is 7.02. The lowest BCUT2D eigenvalue weighted by Crippen LogP contribution is -2.45. The highest BCUT2D eigenvalue weighted by Crippen LogP contribution is 2.62. The number of benzene rings is 1. The minimum Gasteiger partial charge on any atom is -0.466 e. The number of nitrogens with one attached hydrogen (secondary N) is 1. The molecule has 2 fully saturated rings. The van der Waals surface area contributed by atoms with Gasteiger partial charge in [-0.3, -0.25) is 4.79 Å². The second kappa shape index (κ2) is 5.52. The number of anilines is 1. The molecule has 2 saturated carbocycles. The van der Waals surface area contributed by atoms with Crippen molar-refractivity contribution < 1.29 is 14.3 Å². The Bertz CT molecular complexity index is 616. The van der Waals surface area contributed by atoms with Gasteiger partial charge in [0.2, 0.25) is 0 Å². The van der Waals surface area contributed by atoms with Crippen LogP contribution in [0.15, 0.2) is 24.3 Å². The minimum atomic E-state index is -0.236. The van der Waals surface area contributed by atoms with Crippen LogP contribution in [0.5, 0.6) is 0 Å². The maximum Gasteiger partial charge on any atom is 0.311 e. The lowest BCUT2D eigenvalue weighted by atomic mass is 9.70. The Morgan fingerprint density at radius 3 is 2.96 bits per heavy atom. The molecule has 1 aromatic carbocycles. The number of carbonyl (C=O) groups is 1. The van der Waals surface area contributed by atoms with Gasteiger partial charge in [-0.2, -0.15) is 0 Å². The molecule has 4 nitrogen and oxygen atoms in total. The summed E-state index contributed by atoms with van der Waals surface area (Å²) in [5.41, 5.74) is 2.22. The first-order valence-electron chi connectivity index (χ1n) is 8.80. The summed E-state index contributed by atoms with van der Waals surface area (Å²) in [6.07, 6.45) is 4.42. The molecule has 0 saturated heterocycles. The molecule has 0 aromatic heterocycles. The van der Waals surface area contributed by atoms with E-state index in [4.69, 9.17) is 9.47 Å². The number of hydrogen-bond acceptors (Lipinski definition) is 4. The zero-order valence-corrected chi connectivity index (χ0v) is 13.9. The summed E-state index contributed by atoms with van der Waals surface area (Å²) >= 11 is 0. The average Bonchev–Trinajstić information content (AvgIpc) is 3.07. The molecule has 4 heteroatoms. The van der Waals surface area contributed by atoms with Gasteiger partial charge in [-0.1, -0.05) is 31.0 Å². The van der Waals surface area contributed by atoms with Gasteiger partial charge in [-0.15, -0.1) is 0 Å². The van der Waals surface area contributed by atoms with E-state index in [1.165, 1.54) is 18.4 Å². The van der Waals surface area contributed by atoms with Gasteiger partial charge < -0.3 is 14.8 Å². The van der Waals surface area contributed by atoms with Crippen molar-refractivity contribution in [3.63, 3.8) is 0 Å². The Morgan fingerprint density at radius 2 is 2.17 bits per heavy atom. The Morgan fingerprint density at radius 1 is 1.35 bits per heavy atom. The molecular formula is C19H25NO3. The summed E-state index contributed by atoms with van der Waals surface area (Å²) in [5, 5.41) is 3.62. The summed E-state index contributed by atoms with van der Waals surface area (Å²) in [6.45, 7) is 2.32. The maximum atomic E-state index is 12.7. The highest BCUT2D eigenvalue weighted by atomic mass is 16.5. The highest BCUT2D eigenvalue weighted by Gasteiger charge is 2.66. The third kappa shape index (κ3) is 1.97. The largest absolute Gasteiger partial charge is 0.466 e. The van der Waals surface area contributed by atoms with E-state index in [1.54, 1.807) is 0 Å². The van der Waals surface area contributed by atoms with E-state index in [2.05, 4.69) is 23.5 Å². The average molecular weight is 315 g/mol. The van der Waals surface area contributed by atoms with E-state index in [-0.39, 0.29) is 35.4 Å². The van der Waals surface area contributed by atoms with Crippen molar-refractivity contribution in [3.05, 3.63) is 29.8 Å². The molecule has 3 aliphatic rings. The number of hydrogen-bond donors (Lipinski definition) is 1. The number of para-hydroxylation sites is 1. The molecule has 2 aliphatic carbocycles. The molecular weight excluding hydrogens is 290 g/mol. The van der Waals surface area contributed by atoms with Crippen molar-refractivity contribution >= 4 is 11.7 Å². The molecule has 23 heavy (non-hydrogen) atoms. The number of fused-ring (bicyclic) bond motifs is 5. The van der Waals surface area contributed by atoms with Gasteiger partial charge in [0.25, 0.3) is 0 Å². The Labute approximate surface area is 137 Å². The first-order valence-corrected chi connectivity index (χ1v) is 8.80. The normalized spacial score (nSPS) is 37.5. The molecule has 1 N–H and O–H groups in total. The van der Waals surface area contributed by atoms with Crippen LogP contribution in [0.1, 0.15) is 44.1 Å². The van der Waals surface area contributed by atoms with Gasteiger partial charge in [-0.25, -0.2) is 0 Å². The third-order valence-corrected chi connectivity index (χ3v) is 6.22. The first-order chi connectivity index (χ1) is 11.2. The Balaban J connectivity index is 1.81. The molecule has 1 heterocycles. The maximum absolute atomic E-state index is 12.7. The van der Waals surface area contributed by atoms with E-state index in [0.29, 0.717) is 6.61 Å². The molecule has 0 radical (unpaired) electrons. The van der Waals surface area contributed by atoms with E-state index < -0.39 is 0 Å². The Kier molecular flexibility index (Phi) is 3.60. The van der Waals surface area contributed by atoms with Crippen LogP contribution >= 0.6 is 0 Å². The predicted molar refractivity (Wildman–Crippen MR) is 88.4 cm³/mol. The lowest BCUT2D eigenvalue weighted by Gasteiger charge is -2.42. The van der Waals surface area contributed by atoms with E-state index in [0.717, 1.165) is 18.5 Å². The van der Waals surface area contributed by atoms with Gasteiger partial charge >= 0.3 is 5.97 Å². The number of rotatable bonds is 3. The molecule has 124 valence electrons. The first kappa shape index (κ1) is 15.0. The van der Waals surface area contributed by atoms with Crippen molar-refractivity contribution in [1.82, 2.24) is 0 Å². The van der Waals surface area contributed by atoms with Crippen LogP contribution in [0, 0.1) is 11.8 Å². The van der Waals surface area contributed by atoms with Crippen LogP contribution in [0.25, 0.3) is 0 Å². The van der Waals surface area contributed by atoms with Crippen molar-refractivity contribution in [2.24, 2.45) is 11.8 Å². The number of esters is 1. The molecule has 1 aliphatic heterocycles. The molecule has 0 spiro atoms. The summed E-state index contributed by atoms with van der Waals surface area (Å²) in [7, 11) is 1.82. The number of carbonyl (C=O) groups excluding carboxylic acids is 1. The van der Waals surface area contributed by atoms with E-state index in [1.807, 2.05) is 20.1 Å². The molecule has 4 rings (SSSR count). The van der Waals surface area contributed by atoms with Gasteiger partial charge in [0.15, 0.2) is 0 Å². The zero-order chi connectivity index (χ0) is 16.0. The van der Waals surface area contributed by atoms with Crippen molar-refractivity contribution in [2.45, 2.75) is 50.2 Å². The molecule has 0 unspecified atom stereocenters. The smallest absolute Gasteiger partial charge is 0.311 e. The fourth-order valence-corrected chi connectivity index (χ4v) is 5.47. The standard InChI is InChI=1S/C19H25NO3/c1-3-23-18(21)15-13-9-6-7-11-19(13,22-2)16-12-8-4-5-10-14(12)20-17(15)16/h4-5,8,10,13,15-17,20H,3,6-7,9,11H2,1-2H3/t13-,15-,16+,17+,19-/m0/s1. The quantitative estimate of drug-likeness (QED) is 0.869. The van der Waals surface area contributed by atoms with Crippen LogP contribution in [0.4, 0.5) is 5.69 Å². The highest BCUT2D eigenvalue weighted by molar-refractivity contribution is 5.78. The zero-order valence-electron chi connectivity index (χ0n) is 13.9. The number of ether oxygens (including phenoxy) is 2. The van der Waals surface area contributed by atoms with E-state index in [9.17, 15) is 4.79 Å². The van der Waals surface area contributed by atoms with E-state index >= 15 is 0 Å². The Hall–Kier alpha value is -1.55.